The first-order valence-electron chi connectivity index (χ1n) is 6.33. The van der Waals surface area contributed by atoms with Crippen LogP contribution in [0.25, 0.3) is 0 Å². The highest BCUT2D eigenvalue weighted by atomic mass is 32.1. The summed E-state index contributed by atoms with van der Waals surface area (Å²) in [7, 11) is 0. The molecule has 2 nitrogen and oxygen atoms in total. The summed E-state index contributed by atoms with van der Waals surface area (Å²) in [6.07, 6.45) is 0.299. The first-order valence-corrected chi connectivity index (χ1v) is 7.21. The lowest BCUT2D eigenvalue weighted by molar-refractivity contribution is 0.0381. The average molecular weight is 272 g/mol. The van der Waals surface area contributed by atoms with Gasteiger partial charge in [-0.05, 0) is 5.41 Å². The summed E-state index contributed by atoms with van der Waals surface area (Å²) in [5.74, 6) is 0. The predicted octanol–water partition coefficient (Wildman–Crippen LogP) is 3.70. The Morgan fingerprint density at radius 2 is 1.78 bits per heavy atom. The third-order valence-electron chi connectivity index (χ3n) is 3.42. The Bertz CT molecular complexity index is 401. The third kappa shape index (κ3) is 3.29. The van der Waals surface area contributed by atoms with Crippen molar-refractivity contribution in [1.82, 2.24) is 4.98 Å². The molecule has 2 N–H and O–H groups in total. The van der Waals surface area contributed by atoms with E-state index in [2.05, 4.69) is 25.8 Å². The fraction of sp³-hybridized carbons (Fsp3) is 0.786. The van der Waals surface area contributed by atoms with E-state index in [1.54, 1.807) is 0 Å². The van der Waals surface area contributed by atoms with Crippen LogP contribution < -0.4 is 5.73 Å². The zero-order chi connectivity index (χ0) is 14.2. The molecule has 0 fully saturated rings. The summed E-state index contributed by atoms with van der Waals surface area (Å²) >= 11 is 1.53. The van der Waals surface area contributed by atoms with E-state index in [0.717, 1.165) is 10.7 Å². The van der Waals surface area contributed by atoms with Crippen molar-refractivity contribution in [2.75, 3.05) is 6.54 Å². The summed E-state index contributed by atoms with van der Waals surface area (Å²) in [4.78, 5) is 4.55. The zero-order valence-electron chi connectivity index (χ0n) is 12.3. The maximum absolute atomic E-state index is 14.9. The number of nitrogens with zero attached hydrogens (tertiary/aromatic N) is 1. The van der Waals surface area contributed by atoms with Crippen LogP contribution >= 0.6 is 11.3 Å². The summed E-state index contributed by atoms with van der Waals surface area (Å²) in [5.41, 5.74) is 4.79. The molecule has 1 aromatic rings. The summed E-state index contributed by atoms with van der Waals surface area (Å²) < 4.78 is 14.9. The minimum absolute atomic E-state index is 0.0121. The molecule has 1 aromatic heterocycles. The molecule has 0 bridgehead atoms. The van der Waals surface area contributed by atoms with Crippen molar-refractivity contribution in [3.8, 4) is 0 Å². The maximum atomic E-state index is 14.9. The van der Waals surface area contributed by atoms with Crippen LogP contribution in [0.1, 0.15) is 52.2 Å². The predicted molar refractivity (Wildman–Crippen MR) is 76.9 cm³/mol. The molecule has 1 heterocycles. The van der Waals surface area contributed by atoms with Crippen LogP contribution in [0.15, 0.2) is 5.38 Å². The van der Waals surface area contributed by atoms with E-state index in [1.807, 2.05) is 26.2 Å². The molecule has 0 saturated carbocycles. The monoisotopic (exact) mass is 272 g/mol. The number of nitrogens with two attached hydrogens (primary N) is 1. The average Bonchev–Trinajstić information content (AvgIpc) is 2.63. The number of halogens is 1. The van der Waals surface area contributed by atoms with Crippen LogP contribution in [0, 0.1) is 5.41 Å². The minimum Gasteiger partial charge on any atom is -0.327 e. The van der Waals surface area contributed by atoms with Crippen LogP contribution in [0.5, 0.6) is 0 Å². The molecule has 0 amide bonds. The topological polar surface area (TPSA) is 38.9 Å². The van der Waals surface area contributed by atoms with E-state index < -0.39 is 11.1 Å². The molecular formula is C14H25FN2S. The largest absolute Gasteiger partial charge is 0.327 e. The number of rotatable bonds is 3. The lowest BCUT2D eigenvalue weighted by atomic mass is 9.76. The van der Waals surface area contributed by atoms with Crippen LogP contribution in [0.3, 0.4) is 0 Å². The normalized spacial score (nSPS) is 16.7. The van der Waals surface area contributed by atoms with Crippen LogP contribution in [0.4, 0.5) is 4.39 Å². The quantitative estimate of drug-likeness (QED) is 0.911. The number of hydrogen-bond acceptors (Lipinski definition) is 3. The van der Waals surface area contributed by atoms with Crippen molar-refractivity contribution < 1.29 is 4.39 Å². The molecule has 1 atom stereocenters. The Balaban J connectivity index is 2.94. The first kappa shape index (κ1) is 15.6. The highest BCUT2D eigenvalue weighted by molar-refractivity contribution is 7.09. The van der Waals surface area contributed by atoms with Gasteiger partial charge >= 0.3 is 0 Å². The van der Waals surface area contributed by atoms with E-state index in [1.165, 1.54) is 11.3 Å². The molecule has 104 valence electrons. The smallest absolute Gasteiger partial charge is 0.134 e. The van der Waals surface area contributed by atoms with Gasteiger partial charge in [0.05, 0.1) is 10.7 Å². The molecule has 0 saturated heterocycles. The molecular weight excluding hydrogens is 247 g/mol. The van der Waals surface area contributed by atoms with E-state index in [-0.39, 0.29) is 12.0 Å². The van der Waals surface area contributed by atoms with E-state index in [9.17, 15) is 4.39 Å². The van der Waals surface area contributed by atoms with E-state index in [4.69, 9.17) is 5.73 Å². The Hall–Kier alpha value is -0.480. The number of hydrogen-bond donors (Lipinski definition) is 1. The summed E-state index contributed by atoms with van der Waals surface area (Å²) in [5, 5.41) is 2.86. The maximum Gasteiger partial charge on any atom is 0.134 e. The Morgan fingerprint density at radius 3 is 2.11 bits per heavy atom. The van der Waals surface area contributed by atoms with Crippen LogP contribution in [-0.2, 0) is 11.8 Å². The van der Waals surface area contributed by atoms with Gasteiger partial charge in [0, 0.05) is 23.8 Å². The van der Waals surface area contributed by atoms with E-state index >= 15 is 0 Å². The molecule has 4 heteroatoms. The molecule has 18 heavy (non-hydrogen) atoms. The molecule has 0 aliphatic heterocycles. The fourth-order valence-electron chi connectivity index (χ4n) is 1.62. The van der Waals surface area contributed by atoms with Gasteiger partial charge in [-0.25, -0.2) is 9.37 Å². The molecule has 0 radical (unpaired) electrons. The minimum atomic E-state index is -1.40. The second kappa shape index (κ2) is 4.89. The Kier molecular flexibility index (Phi) is 4.23. The number of alkyl halides is 1. The van der Waals surface area contributed by atoms with Gasteiger partial charge in [-0.1, -0.05) is 41.5 Å². The third-order valence-corrected chi connectivity index (χ3v) is 4.27. The lowest BCUT2D eigenvalue weighted by Crippen LogP contribution is -2.47. The summed E-state index contributed by atoms with van der Waals surface area (Å²) in [6, 6.07) is 0. The highest BCUT2D eigenvalue weighted by Gasteiger charge is 2.42. The van der Waals surface area contributed by atoms with Gasteiger partial charge < -0.3 is 5.73 Å². The molecule has 0 aromatic carbocycles. The highest BCUT2D eigenvalue weighted by Crippen LogP contribution is 2.37. The van der Waals surface area contributed by atoms with Gasteiger partial charge in [0.25, 0.3) is 0 Å². The summed E-state index contributed by atoms with van der Waals surface area (Å²) in [6.45, 7) is 12.0. The zero-order valence-corrected chi connectivity index (χ0v) is 13.1. The van der Waals surface area contributed by atoms with Crippen molar-refractivity contribution in [3.63, 3.8) is 0 Å². The van der Waals surface area contributed by atoms with E-state index in [0.29, 0.717) is 6.42 Å². The van der Waals surface area contributed by atoms with Crippen molar-refractivity contribution in [3.05, 3.63) is 16.1 Å². The second-order valence-corrected chi connectivity index (χ2v) is 7.92. The van der Waals surface area contributed by atoms with Gasteiger partial charge in [-0.2, -0.15) is 0 Å². The van der Waals surface area contributed by atoms with Crippen molar-refractivity contribution in [2.24, 2.45) is 11.1 Å². The fourth-order valence-corrected chi connectivity index (χ4v) is 2.74. The van der Waals surface area contributed by atoms with Crippen LogP contribution in [0.2, 0.25) is 0 Å². The molecule has 0 aliphatic carbocycles. The standard InChI is InChI=1S/C14H25FN2S/c1-12(2,3)10-8-18-11(17-10)7-14(15,9-16)13(4,5)6/h8H,7,9,16H2,1-6H3. The molecule has 1 rings (SSSR count). The van der Waals surface area contributed by atoms with Gasteiger partial charge in [0.15, 0.2) is 0 Å². The van der Waals surface area contributed by atoms with Crippen molar-refractivity contribution in [2.45, 2.75) is 59.0 Å². The van der Waals surface area contributed by atoms with Gasteiger partial charge in [-0.15, -0.1) is 11.3 Å². The SMILES string of the molecule is CC(C)(C)c1csc(CC(F)(CN)C(C)(C)C)n1. The lowest BCUT2D eigenvalue weighted by Gasteiger charge is -2.36. The second-order valence-electron chi connectivity index (χ2n) is 6.97. The Labute approximate surface area is 114 Å². The molecule has 0 spiro atoms. The molecule has 0 aliphatic rings. The van der Waals surface area contributed by atoms with Gasteiger partial charge in [-0.3, -0.25) is 0 Å². The van der Waals surface area contributed by atoms with Crippen LogP contribution in [-0.4, -0.2) is 17.2 Å². The number of aromatic nitrogens is 1. The van der Waals surface area contributed by atoms with Crippen molar-refractivity contribution >= 4 is 11.3 Å². The first-order chi connectivity index (χ1) is 7.99. The van der Waals surface area contributed by atoms with Crippen molar-refractivity contribution in [1.29, 1.82) is 0 Å². The van der Waals surface area contributed by atoms with Gasteiger partial charge in [0.1, 0.15) is 5.67 Å². The Morgan fingerprint density at radius 1 is 1.22 bits per heavy atom. The van der Waals surface area contributed by atoms with Gasteiger partial charge in [0.2, 0.25) is 0 Å². The molecule has 1 unspecified atom stereocenters. The number of thiazole rings is 1.